The Kier molecular flexibility index (Phi) is 14.9. The average molecular weight is 549 g/mol. The topological polar surface area (TPSA) is 67.4 Å². The first-order valence-electron chi connectivity index (χ1n) is 11.2. The molecule has 0 spiro atoms. The van der Waals surface area contributed by atoms with Crippen LogP contribution in [0.4, 0.5) is 0 Å². The number of morpholine rings is 1. The van der Waals surface area contributed by atoms with Crippen LogP contribution >= 0.6 is 24.0 Å². The molecule has 8 heteroatoms. The molecule has 0 saturated carbocycles. The lowest BCUT2D eigenvalue weighted by Crippen LogP contribution is -2.50. The number of guanidine groups is 1. The fourth-order valence-corrected chi connectivity index (χ4v) is 3.44. The van der Waals surface area contributed by atoms with E-state index in [9.17, 15) is 0 Å². The molecule has 1 heterocycles. The van der Waals surface area contributed by atoms with Crippen molar-refractivity contribution in [1.82, 2.24) is 15.5 Å². The molecule has 1 aromatic carbocycles. The summed E-state index contributed by atoms with van der Waals surface area (Å²) in [5.41, 5.74) is 1.12. The maximum absolute atomic E-state index is 5.94. The van der Waals surface area contributed by atoms with Crippen LogP contribution in [0, 0.1) is 5.92 Å². The van der Waals surface area contributed by atoms with Gasteiger partial charge in [-0.1, -0.05) is 26.0 Å². The molecule has 1 atom stereocenters. The van der Waals surface area contributed by atoms with E-state index in [0.717, 1.165) is 63.0 Å². The van der Waals surface area contributed by atoms with E-state index in [1.54, 1.807) is 7.11 Å². The molecule has 1 fully saturated rings. The zero-order chi connectivity index (χ0) is 21.6. The lowest BCUT2D eigenvalue weighted by Gasteiger charge is -2.34. The van der Waals surface area contributed by atoms with Gasteiger partial charge in [-0.3, -0.25) is 4.90 Å². The summed E-state index contributed by atoms with van der Waals surface area (Å²) in [4.78, 5) is 7.22. The molecule has 31 heavy (non-hydrogen) atoms. The van der Waals surface area contributed by atoms with E-state index in [1.807, 2.05) is 18.2 Å². The second kappa shape index (κ2) is 16.5. The van der Waals surface area contributed by atoms with Crippen LogP contribution in [0.25, 0.3) is 0 Å². The van der Waals surface area contributed by atoms with Crippen molar-refractivity contribution in [3.63, 3.8) is 0 Å². The van der Waals surface area contributed by atoms with E-state index < -0.39 is 0 Å². The SMILES string of the molecule is CCNC(=NCc1cccc(OCCCOC)c1)NCC1CN(CC(C)C)CCO1.I. The molecule has 2 rings (SSSR count). The lowest BCUT2D eigenvalue weighted by atomic mass is 10.2. The van der Waals surface area contributed by atoms with Gasteiger partial charge in [0.15, 0.2) is 5.96 Å². The van der Waals surface area contributed by atoms with Crippen LogP contribution in [-0.4, -0.2) is 76.6 Å². The Morgan fingerprint density at radius 3 is 2.87 bits per heavy atom. The van der Waals surface area contributed by atoms with Crippen molar-refractivity contribution in [2.45, 2.75) is 39.8 Å². The number of halogens is 1. The van der Waals surface area contributed by atoms with Gasteiger partial charge in [0, 0.05) is 52.9 Å². The first-order chi connectivity index (χ1) is 14.6. The highest BCUT2D eigenvalue weighted by atomic mass is 127. The Hall–Kier alpha value is -1.10. The number of ether oxygens (including phenoxy) is 3. The van der Waals surface area contributed by atoms with Gasteiger partial charge in [-0.15, -0.1) is 24.0 Å². The van der Waals surface area contributed by atoms with Gasteiger partial charge in [-0.2, -0.15) is 0 Å². The van der Waals surface area contributed by atoms with Gasteiger partial charge < -0.3 is 24.8 Å². The summed E-state index contributed by atoms with van der Waals surface area (Å²) in [5.74, 6) is 2.36. The largest absolute Gasteiger partial charge is 0.493 e. The van der Waals surface area contributed by atoms with Crippen molar-refractivity contribution in [3.05, 3.63) is 29.8 Å². The van der Waals surface area contributed by atoms with Crippen LogP contribution in [0.15, 0.2) is 29.3 Å². The van der Waals surface area contributed by atoms with E-state index in [-0.39, 0.29) is 30.1 Å². The van der Waals surface area contributed by atoms with Crippen molar-refractivity contribution >= 4 is 29.9 Å². The highest BCUT2D eigenvalue weighted by Gasteiger charge is 2.21. The van der Waals surface area contributed by atoms with E-state index >= 15 is 0 Å². The molecule has 7 nitrogen and oxygen atoms in total. The molecule has 0 aliphatic carbocycles. The number of nitrogens with one attached hydrogen (secondary N) is 2. The third-order valence-corrected chi connectivity index (χ3v) is 4.77. The summed E-state index contributed by atoms with van der Waals surface area (Å²) in [6.07, 6.45) is 1.07. The van der Waals surface area contributed by atoms with E-state index in [2.05, 4.69) is 42.4 Å². The molecule has 1 unspecified atom stereocenters. The fourth-order valence-electron chi connectivity index (χ4n) is 3.44. The summed E-state index contributed by atoms with van der Waals surface area (Å²) in [6.45, 7) is 14.0. The fraction of sp³-hybridized carbons (Fsp3) is 0.696. The number of nitrogens with zero attached hydrogens (tertiary/aromatic N) is 2. The molecule has 2 N–H and O–H groups in total. The maximum atomic E-state index is 5.94. The van der Waals surface area contributed by atoms with Gasteiger partial charge in [-0.25, -0.2) is 4.99 Å². The number of hydrogen-bond donors (Lipinski definition) is 2. The molecular formula is C23H41IN4O3. The minimum absolute atomic E-state index is 0. The number of methoxy groups -OCH3 is 1. The maximum Gasteiger partial charge on any atom is 0.191 e. The molecular weight excluding hydrogens is 507 g/mol. The standard InChI is InChI=1S/C23H40N4O3.HI/c1-5-24-23(26-16-22-18-27(10-13-30-22)17-19(2)3)25-15-20-8-6-9-21(14-20)29-12-7-11-28-4;/h6,8-9,14,19,22H,5,7,10-13,15-18H2,1-4H3,(H2,24,25,26);1H. The molecule has 1 aliphatic heterocycles. The Bertz CT molecular complexity index is 631. The molecule has 0 bridgehead atoms. The van der Waals surface area contributed by atoms with Crippen molar-refractivity contribution in [1.29, 1.82) is 0 Å². The van der Waals surface area contributed by atoms with Gasteiger partial charge in [0.25, 0.3) is 0 Å². The second-order valence-corrected chi connectivity index (χ2v) is 8.06. The monoisotopic (exact) mass is 548 g/mol. The smallest absolute Gasteiger partial charge is 0.191 e. The third kappa shape index (κ3) is 11.9. The Labute approximate surface area is 205 Å². The normalized spacial score (nSPS) is 17.3. The second-order valence-electron chi connectivity index (χ2n) is 8.06. The van der Waals surface area contributed by atoms with Gasteiger partial charge in [-0.05, 0) is 30.5 Å². The summed E-state index contributed by atoms with van der Waals surface area (Å²) in [6, 6.07) is 8.11. The Balaban J connectivity index is 0.00000480. The van der Waals surface area contributed by atoms with Crippen LogP contribution in [0.1, 0.15) is 32.8 Å². The number of aliphatic imine (C=N–C) groups is 1. The first-order valence-corrected chi connectivity index (χ1v) is 11.2. The minimum Gasteiger partial charge on any atom is -0.493 e. The Morgan fingerprint density at radius 2 is 2.13 bits per heavy atom. The van der Waals surface area contributed by atoms with Crippen LogP contribution in [0.3, 0.4) is 0 Å². The lowest BCUT2D eigenvalue weighted by molar-refractivity contribution is -0.0284. The summed E-state index contributed by atoms with van der Waals surface area (Å²) in [5, 5.41) is 6.76. The van der Waals surface area contributed by atoms with Crippen molar-refractivity contribution < 1.29 is 14.2 Å². The summed E-state index contributed by atoms with van der Waals surface area (Å²) >= 11 is 0. The van der Waals surface area contributed by atoms with Crippen LogP contribution in [0.2, 0.25) is 0 Å². The predicted octanol–water partition coefficient (Wildman–Crippen LogP) is 3.13. The zero-order valence-corrected chi connectivity index (χ0v) is 21.9. The van der Waals surface area contributed by atoms with Crippen molar-refractivity contribution in [2.24, 2.45) is 10.9 Å². The highest BCUT2D eigenvalue weighted by Crippen LogP contribution is 2.14. The number of benzene rings is 1. The third-order valence-electron chi connectivity index (χ3n) is 4.77. The zero-order valence-electron chi connectivity index (χ0n) is 19.6. The molecule has 0 amide bonds. The van der Waals surface area contributed by atoms with Crippen LogP contribution < -0.4 is 15.4 Å². The molecule has 1 aliphatic rings. The first kappa shape index (κ1) is 27.9. The van der Waals surface area contributed by atoms with Crippen molar-refractivity contribution in [3.8, 4) is 5.75 Å². The van der Waals surface area contributed by atoms with Gasteiger partial charge in [0.1, 0.15) is 5.75 Å². The molecule has 178 valence electrons. The van der Waals surface area contributed by atoms with Gasteiger partial charge in [0.05, 0.1) is 25.9 Å². The number of hydrogen-bond acceptors (Lipinski definition) is 5. The summed E-state index contributed by atoms with van der Waals surface area (Å²) in [7, 11) is 1.71. The highest BCUT2D eigenvalue weighted by molar-refractivity contribution is 14.0. The van der Waals surface area contributed by atoms with Crippen LogP contribution in [-0.2, 0) is 16.0 Å². The minimum atomic E-state index is 0. The van der Waals surface area contributed by atoms with E-state index in [4.69, 9.17) is 19.2 Å². The summed E-state index contributed by atoms with van der Waals surface area (Å²) < 4.78 is 16.8. The molecule has 0 radical (unpaired) electrons. The quantitative estimate of drug-likeness (QED) is 0.181. The van der Waals surface area contributed by atoms with E-state index in [0.29, 0.717) is 25.7 Å². The van der Waals surface area contributed by atoms with Gasteiger partial charge in [0.2, 0.25) is 0 Å². The molecule has 1 aromatic rings. The van der Waals surface area contributed by atoms with E-state index in [1.165, 1.54) is 0 Å². The predicted molar refractivity (Wildman–Crippen MR) is 138 cm³/mol. The van der Waals surface area contributed by atoms with Crippen LogP contribution in [0.5, 0.6) is 5.75 Å². The molecule has 1 saturated heterocycles. The number of rotatable bonds is 12. The van der Waals surface area contributed by atoms with Crippen molar-refractivity contribution in [2.75, 3.05) is 59.7 Å². The van der Waals surface area contributed by atoms with Gasteiger partial charge >= 0.3 is 0 Å². The average Bonchev–Trinajstić information content (AvgIpc) is 2.73. The molecule has 0 aromatic heterocycles. The Morgan fingerprint density at radius 1 is 1.29 bits per heavy atom.